The molecule has 5 aromatic rings. The molecule has 208 valence electrons. The smallest absolute Gasteiger partial charge is 0.324 e. The number of urea groups is 1. The van der Waals surface area contributed by atoms with E-state index in [2.05, 4.69) is 37.6 Å². The molecule has 10 nitrogen and oxygen atoms in total. The highest BCUT2D eigenvalue weighted by Crippen LogP contribution is 2.32. The van der Waals surface area contributed by atoms with Crippen LogP contribution in [-0.2, 0) is 10.2 Å². The van der Waals surface area contributed by atoms with E-state index < -0.39 is 6.03 Å². The van der Waals surface area contributed by atoms with Crippen molar-refractivity contribution in [3.8, 4) is 17.0 Å². The summed E-state index contributed by atoms with van der Waals surface area (Å²) in [5.74, 6) is 1.92. The Balaban J connectivity index is 1.08. The van der Waals surface area contributed by atoms with Crippen LogP contribution in [0.1, 0.15) is 33.0 Å². The quantitative estimate of drug-likeness (QED) is 0.227. The largest absolute Gasteiger partial charge is 0.493 e. The van der Waals surface area contributed by atoms with Crippen LogP contribution in [0.5, 0.6) is 5.75 Å². The topological polar surface area (TPSA) is 115 Å². The predicted molar refractivity (Wildman–Crippen MR) is 157 cm³/mol. The van der Waals surface area contributed by atoms with Gasteiger partial charge in [-0.3, -0.25) is 9.72 Å². The van der Waals surface area contributed by atoms with Gasteiger partial charge in [-0.05, 0) is 30.3 Å². The molecule has 3 aromatic heterocycles. The van der Waals surface area contributed by atoms with Gasteiger partial charge >= 0.3 is 6.03 Å². The lowest BCUT2D eigenvalue weighted by Crippen LogP contribution is -2.39. The number of fused-ring (bicyclic) bond motifs is 3. The minimum atomic E-state index is -0.391. The number of amides is 2. The summed E-state index contributed by atoms with van der Waals surface area (Å²) in [5.41, 5.74) is 3.38. The molecule has 1 unspecified atom stereocenters. The zero-order valence-corrected chi connectivity index (χ0v) is 23.5. The molecule has 0 spiro atoms. The molecule has 0 saturated carbocycles. The Morgan fingerprint density at radius 1 is 1.18 bits per heavy atom. The SMILES string of the molecule is CC(C)(C)c1cc(NC(=O)Nc2ccc(-c3cn4c(n3)sc3cc(OCCC5CNCCO5)ccc34)cc2)no1. The first-order chi connectivity index (χ1) is 19.3. The fourth-order valence-corrected chi connectivity index (χ4v) is 5.55. The highest BCUT2D eigenvalue weighted by Gasteiger charge is 2.20. The van der Waals surface area contributed by atoms with Gasteiger partial charge in [0.15, 0.2) is 10.8 Å². The van der Waals surface area contributed by atoms with E-state index >= 15 is 0 Å². The van der Waals surface area contributed by atoms with Gasteiger partial charge < -0.3 is 24.6 Å². The second-order valence-corrected chi connectivity index (χ2v) is 11.8. The number of benzene rings is 2. The highest BCUT2D eigenvalue weighted by atomic mass is 32.1. The zero-order valence-electron chi connectivity index (χ0n) is 22.7. The molecule has 1 atom stereocenters. The minimum Gasteiger partial charge on any atom is -0.493 e. The van der Waals surface area contributed by atoms with Crippen LogP contribution in [0.2, 0.25) is 0 Å². The molecule has 4 heterocycles. The van der Waals surface area contributed by atoms with Crippen molar-refractivity contribution in [3.63, 3.8) is 0 Å². The summed E-state index contributed by atoms with van der Waals surface area (Å²) in [6, 6.07) is 15.1. The zero-order chi connectivity index (χ0) is 27.7. The molecule has 6 rings (SSSR count). The van der Waals surface area contributed by atoms with Crippen LogP contribution < -0.4 is 20.7 Å². The standard InChI is InChI=1S/C29H32N6O4S/c1-29(2,3)25-15-26(34-39-25)33-27(36)31-19-6-4-18(5-7-19)22-17-35-23-9-8-20(14-24(23)40-28(35)32-22)37-12-10-21-16-30-11-13-38-21/h4-9,14-15,17,21,30H,10-13,16H2,1-3H3,(H2,31,33,34,36). The van der Waals surface area contributed by atoms with Crippen molar-refractivity contribution in [1.82, 2.24) is 19.9 Å². The lowest BCUT2D eigenvalue weighted by Gasteiger charge is -2.23. The number of aromatic nitrogens is 3. The van der Waals surface area contributed by atoms with E-state index in [0.29, 0.717) is 23.9 Å². The Kier molecular flexibility index (Phi) is 7.18. The summed E-state index contributed by atoms with van der Waals surface area (Å²) in [6.07, 6.45) is 3.11. The van der Waals surface area contributed by atoms with Gasteiger partial charge in [-0.1, -0.05) is 49.4 Å². The monoisotopic (exact) mass is 560 g/mol. The second kappa shape index (κ2) is 10.9. The summed E-state index contributed by atoms with van der Waals surface area (Å²) >= 11 is 1.63. The molecule has 0 aliphatic carbocycles. The number of morpholine rings is 1. The number of hydrogen-bond acceptors (Lipinski definition) is 8. The Morgan fingerprint density at radius 2 is 2.02 bits per heavy atom. The number of anilines is 2. The predicted octanol–water partition coefficient (Wildman–Crippen LogP) is 5.90. The normalized spacial score (nSPS) is 15.9. The first-order valence-corrected chi connectivity index (χ1v) is 14.2. The van der Waals surface area contributed by atoms with Crippen molar-refractivity contribution in [2.24, 2.45) is 0 Å². The molecule has 0 radical (unpaired) electrons. The third-order valence-corrected chi connectivity index (χ3v) is 7.73. The Morgan fingerprint density at radius 3 is 2.77 bits per heavy atom. The number of ether oxygens (including phenoxy) is 2. The molecule has 0 bridgehead atoms. The maximum absolute atomic E-state index is 12.4. The van der Waals surface area contributed by atoms with Crippen LogP contribution in [0.4, 0.5) is 16.3 Å². The van der Waals surface area contributed by atoms with E-state index in [1.165, 1.54) is 0 Å². The van der Waals surface area contributed by atoms with Crippen molar-refractivity contribution in [1.29, 1.82) is 0 Å². The van der Waals surface area contributed by atoms with Crippen LogP contribution in [0.25, 0.3) is 26.4 Å². The molecule has 2 amide bonds. The van der Waals surface area contributed by atoms with E-state index in [-0.39, 0.29) is 11.5 Å². The van der Waals surface area contributed by atoms with Crippen molar-refractivity contribution in [2.45, 2.75) is 38.7 Å². The number of rotatable bonds is 7. The molecule has 1 fully saturated rings. The summed E-state index contributed by atoms with van der Waals surface area (Å²) in [7, 11) is 0. The lowest BCUT2D eigenvalue weighted by molar-refractivity contribution is 0.0159. The van der Waals surface area contributed by atoms with Gasteiger partial charge in [0.25, 0.3) is 0 Å². The number of nitrogens with one attached hydrogen (secondary N) is 3. The third-order valence-electron chi connectivity index (χ3n) is 6.71. The Bertz CT molecular complexity index is 1630. The molecule has 1 saturated heterocycles. The number of imidazole rings is 1. The van der Waals surface area contributed by atoms with Crippen LogP contribution >= 0.6 is 11.3 Å². The Hall–Kier alpha value is -3.93. The number of carbonyl (C=O) groups excluding carboxylic acids is 1. The lowest BCUT2D eigenvalue weighted by atomic mass is 9.93. The average Bonchev–Trinajstić information content (AvgIpc) is 3.64. The van der Waals surface area contributed by atoms with Gasteiger partial charge in [-0.15, -0.1) is 0 Å². The number of carbonyl (C=O) groups is 1. The van der Waals surface area contributed by atoms with Crippen LogP contribution in [0.3, 0.4) is 0 Å². The fraction of sp³-hybridized carbons (Fsp3) is 0.345. The molecule has 1 aliphatic heterocycles. The minimum absolute atomic E-state index is 0.188. The van der Waals surface area contributed by atoms with Gasteiger partial charge in [0, 0.05) is 48.4 Å². The molecular weight excluding hydrogens is 528 g/mol. The van der Waals surface area contributed by atoms with E-state index in [1.807, 2.05) is 57.3 Å². The van der Waals surface area contributed by atoms with Gasteiger partial charge in [0.05, 0.1) is 35.2 Å². The maximum atomic E-state index is 12.4. The number of thiazole rings is 1. The van der Waals surface area contributed by atoms with Crippen LogP contribution in [0, 0.1) is 0 Å². The van der Waals surface area contributed by atoms with Gasteiger partial charge in [0.2, 0.25) is 0 Å². The molecule has 1 aliphatic rings. The highest BCUT2D eigenvalue weighted by molar-refractivity contribution is 7.23. The Labute approximate surface area is 235 Å². The first-order valence-electron chi connectivity index (χ1n) is 13.3. The summed E-state index contributed by atoms with van der Waals surface area (Å²) in [5, 5.41) is 12.8. The third kappa shape index (κ3) is 5.81. The van der Waals surface area contributed by atoms with Crippen molar-refractivity contribution < 1.29 is 18.8 Å². The second-order valence-electron chi connectivity index (χ2n) is 10.8. The summed E-state index contributed by atoms with van der Waals surface area (Å²) in [4.78, 5) is 18.2. The maximum Gasteiger partial charge on any atom is 0.324 e. The van der Waals surface area contributed by atoms with E-state index in [4.69, 9.17) is 19.0 Å². The van der Waals surface area contributed by atoms with E-state index in [9.17, 15) is 4.79 Å². The van der Waals surface area contributed by atoms with Gasteiger partial charge in [-0.2, -0.15) is 0 Å². The van der Waals surface area contributed by atoms with Crippen molar-refractivity contribution >= 4 is 44.1 Å². The molecule has 40 heavy (non-hydrogen) atoms. The summed E-state index contributed by atoms with van der Waals surface area (Å²) < 4.78 is 20.3. The van der Waals surface area contributed by atoms with Crippen molar-refractivity contribution in [2.75, 3.05) is 36.9 Å². The van der Waals surface area contributed by atoms with Crippen molar-refractivity contribution in [3.05, 3.63) is 60.5 Å². The van der Waals surface area contributed by atoms with Crippen LogP contribution in [-0.4, -0.2) is 53.0 Å². The molecule has 11 heteroatoms. The number of nitrogens with zero attached hydrogens (tertiary/aromatic N) is 3. The van der Waals surface area contributed by atoms with Crippen LogP contribution in [0.15, 0.2) is 59.3 Å². The van der Waals surface area contributed by atoms with Gasteiger partial charge in [-0.25, -0.2) is 9.78 Å². The number of hydrogen-bond donors (Lipinski definition) is 3. The van der Waals surface area contributed by atoms with Gasteiger partial charge in [0.1, 0.15) is 11.5 Å². The molecule has 3 N–H and O–H groups in total. The fourth-order valence-electron chi connectivity index (χ4n) is 4.51. The molecular formula is C29H32N6O4S. The average molecular weight is 561 g/mol. The first kappa shape index (κ1) is 26.3. The summed E-state index contributed by atoms with van der Waals surface area (Å²) in [6.45, 7) is 9.23. The van der Waals surface area contributed by atoms with E-state index in [1.54, 1.807) is 17.4 Å². The molecule has 2 aromatic carbocycles. The van der Waals surface area contributed by atoms with E-state index in [0.717, 1.165) is 58.3 Å².